The number of nitrogens with one attached hydrogen (secondary N) is 1. The molecule has 0 aliphatic carbocycles. The highest BCUT2D eigenvalue weighted by Gasteiger charge is 2.46. The lowest BCUT2D eigenvalue weighted by Gasteiger charge is -2.52. The van der Waals surface area contributed by atoms with Gasteiger partial charge in [-0.1, -0.05) is 17.7 Å². The SMILES string of the molecule is CCN1c2cc(F)ccc2C(=O)NC12CCN(C(=O)c1cccc(C)c1)CC2. The zero-order valence-electron chi connectivity index (χ0n) is 16.2. The summed E-state index contributed by atoms with van der Waals surface area (Å²) in [4.78, 5) is 29.4. The van der Waals surface area contributed by atoms with Crippen molar-refractivity contribution >= 4 is 17.5 Å². The Morgan fingerprint density at radius 3 is 2.61 bits per heavy atom. The Hall–Kier alpha value is -2.89. The molecule has 1 N–H and O–H groups in total. The van der Waals surface area contributed by atoms with Gasteiger partial charge in [-0.25, -0.2) is 4.39 Å². The average Bonchev–Trinajstić information content (AvgIpc) is 2.68. The van der Waals surface area contributed by atoms with Crippen LogP contribution in [0.3, 0.4) is 0 Å². The first kappa shape index (κ1) is 18.5. The van der Waals surface area contributed by atoms with Crippen molar-refractivity contribution in [3.8, 4) is 0 Å². The highest BCUT2D eigenvalue weighted by molar-refractivity contribution is 6.02. The molecule has 1 fully saturated rings. The fraction of sp³-hybridized carbons (Fsp3) is 0.364. The van der Waals surface area contributed by atoms with Crippen molar-refractivity contribution in [2.45, 2.75) is 32.4 Å². The first-order chi connectivity index (χ1) is 13.4. The summed E-state index contributed by atoms with van der Waals surface area (Å²) in [5.74, 6) is -0.526. The van der Waals surface area contributed by atoms with Crippen LogP contribution in [0.4, 0.5) is 10.1 Å². The second-order valence-electron chi connectivity index (χ2n) is 7.55. The number of amides is 2. The van der Waals surface area contributed by atoms with Crippen LogP contribution in [0.25, 0.3) is 0 Å². The molecule has 2 heterocycles. The number of halogens is 1. The normalized spacial score (nSPS) is 18.0. The van der Waals surface area contributed by atoms with Gasteiger partial charge in [-0.15, -0.1) is 0 Å². The van der Waals surface area contributed by atoms with E-state index in [0.29, 0.717) is 49.3 Å². The van der Waals surface area contributed by atoms with Gasteiger partial charge < -0.3 is 15.1 Å². The molecular weight excluding hydrogens is 357 g/mol. The quantitative estimate of drug-likeness (QED) is 0.868. The van der Waals surface area contributed by atoms with Crippen LogP contribution in [-0.2, 0) is 0 Å². The highest BCUT2D eigenvalue weighted by Crippen LogP contribution is 2.37. The molecule has 146 valence electrons. The molecule has 0 bridgehead atoms. The number of likely N-dealkylation sites (tertiary alicyclic amines) is 1. The molecular formula is C22H24FN3O2. The fourth-order valence-corrected chi connectivity index (χ4v) is 4.41. The van der Waals surface area contributed by atoms with Gasteiger partial charge in [-0.3, -0.25) is 9.59 Å². The first-order valence-corrected chi connectivity index (χ1v) is 9.69. The van der Waals surface area contributed by atoms with Crippen molar-refractivity contribution in [1.29, 1.82) is 0 Å². The summed E-state index contributed by atoms with van der Waals surface area (Å²) in [7, 11) is 0. The van der Waals surface area contributed by atoms with E-state index in [1.165, 1.54) is 18.2 Å². The Morgan fingerprint density at radius 1 is 1.18 bits per heavy atom. The zero-order valence-corrected chi connectivity index (χ0v) is 16.2. The standard InChI is InChI=1S/C22H24FN3O2/c1-3-26-19-14-17(23)7-8-18(19)20(27)24-22(26)9-11-25(12-10-22)21(28)16-6-4-5-15(2)13-16/h4-8,13-14H,3,9-12H2,1-2H3,(H,24,27). The van der Waals surface area contributed by atoms with Crippen LogP contribution < -0.4 is 10.2 Å². The van der Waals surface area contributed by atoms with Crippen LogP contribution in [0, 0.1) is 12.7 Å². The number of carbonyl (C=O) groups excluding carboxylic acids is 2. The van der Waals surface area contributed by atoms with E-state index < -0.39 is 5.66 Å². The lowest BCUT2D eigenvalue weighted by Crippen LogP contribution is -2.68. The largest absolute Gasteiger partial charge is 0.348 e. The molecule has 1 spiro atoms. The molecule has 5 nitrogen and oxygen atoms in total. The van der Waals surface area contributed by atoms with Crippen LogP contribution in [0.1, 0.15) is 46.0 Å². The van der Waals surface area contributed by atoms with Crippen LogP contribution >= 0.6 is 0 Å². The molecule has 2 aliphatic rings. The molecule has 2 aromatic carbocycles. The van der Waals surface area contributed by atoms with Crippen molar-refractivity contribution in [3.05, 3.63) is 65.0 Å². The highest BCUT2D eigenvalue weighted by atomic mass is 19.1. The fourth-order valence-electron chi connectivity index (χ4n) is 4.41. The maximum Gasteiger partial charge on any atom is 0.255 e. The van der Waals surface area contributed by atoms with Gasteiger partial charge in [0, 0.05) is 38.0 Å². The van der Waals surface area contributed by atoms with Gasteiger partial charge in [0.25, 0.3) is 11.8 Å². The zero-order chi connectivity index (χ0) is 19.9. The first-order valence-electron chi connectivity index (χ1n) is 9.69. The number of fused-ring (bicyclic) bond motifs is 1. The van der Waals surface area contributed by atoms with Crippen LogP contribution in [0.5, 0.6) is 0 Å². The molecule has 6 heteroatoms. The van der Waals surface area contributed by atoms with Gasteiger partial charge in [0.05, 0.1) is 11.3 Å². The van der Waals surface area contributed by atoms with Gasteiger partial charge in [-0.2, -0.15) is 0 Å². The lowest BCUT2D eigenvalue weighted by atomic mass is 9.89. The monoisotopic (exact) mass is 381 g/mol. The van der Waals surface area contributed by atoms with E-state index in [-0.39, 0.29) is 17.6 Å². The van der Waals surface area contributed by atoms with E-state index in [4.69, 9.17) is 0 Å². The van der Waals surface area contributed by atoms with E-state index in [1.54, 1.807) is 0 Å². The van der Waals surface area contributed by atoms with Crippen molar-refractivity contribution in [3.63, 3.8) is 0 Å². The Morgan fingerprint density at radius 2 is 1.93 bits per heavy atom. The number of hydrogen-bond acceptors (Lipinski definition) is 3. The number of piperidine rings is 1. The average molecular weight is 381 g/mol. The van der Waals surface area contributed by atoms with Crippen molar-refractivity contribution in [2.24, 2.45) is 0 Å². The Kier molecular flexibility index (Phi) is 4.57. The lowest BCUT2D eigenvalue weighted by molar-refractivity contribution is 0.0603. The summed E-state index contributed by atoms with van der Waals surface area (Å²) >= 11 is 0. The Bertz CT molecular complexity index is 935. The molecule has 28 heavy (non-hydrogen) atoms. The molecule has 0 unspecified atom stereocenters. The van der Waals surface area contributed by atoms with E-state index in [9.17, 15) is 14.0 Å². The Balaban J connectivity index is 1.57. The number of benzene rings is 2. The maximum atomic E-state index is 13.9. The summed E-state index contributed by atoms with van der Waals surface area (Å²) in [6, 6.07) is 11.9. The molecule has 0 atom stereocenters. The number of aryl methyl sites for hydroxylation is 1. The van der Waals surface area contributed by atoms with Crippen LogP contribution in [-0.4, -0.2) is 42.0 Å². The predicted octanol–water partition coefficient (Wildman–Crippen LogP) is 3.34. The van der Waals surface area contributed by atoms with Crippen molar-refractivity contribution in [2.75, 3.05) is 24.5 Å². The third-order valence-corrected chi connectivity index (χ3v) is 5.82. The number of hydrogen-bond donors (Lipinski definition) is 1. The summed E-state index contributed by atoms with van der Waals surface area (Å²) in [5, 5.41) is 3.14. The minimum Gasteiger partial charge on any atom is -0.348 e. The second-order valence-corrected chi connectivity index (χ2v) is 7.55. The third-order valence-electron chi connectivity index (χ3n) is 5.82. The van der Waals surface area contributed by atoms with E-state index >= 15 is 0 Å². The molecule has 2 amide bonds. The van der Waals surface area contributed by atoms with Crippen molar-refractivity contribution < 1.29 is 14.0 Å². The molecule has 1 saturated heterocycles. The van der Waals surface area contributed by atoms with E-state index in [1.807, 2.05) is 43.0 Å². The van der Waals surface area contributed by atoms with E-state index in [2.05, 4.69) is 10.2 Å². The van der Waals surface area contributed by atoms with Crippen LogP contribution in [0.2, 0.25) is 0 Å². The van der Waals surface area contributed by atoms with Crippen molar-refractivity contribution in [1.82, 2.24) is 10.2 Å². The van der Waals surface area contributed by atoms with E-state index in [0.717, 1.165) is 5.56 Å². The smallest absolute Gasteiger partial charge is 0.255 e. The molecule has 2 aliphatic heterocycles. The summed E-state index contributed by atoms with van der Waals surface area (Å²) in [6.07, 6.45) is 1.19. The summed E-state index contributed by atoms with van der Waals surface area (Å²) in [6.45, 7) is 5.68. The molecule has 2 aromatic rings. The summed E-state index contributed by atoms with van der Waals surface area (Å²) in [5.41, 5.74) is 2.27. The molecule has 0 aromatic heterocycles. The minimum atomic E-state index is -0.587. The van der Waals surface area contributed by atoms with Crippen LogP contribution in [0.15, 0.2) is 42.5 Å². The number of carbonyl (C=O) groups is 2. The van der Waals surface area contributed by atoms with Gasteiger partial charge in [0.15, 0.2) is 0 Å². The van der Waals surface area contributed by atoms with Gasteiger partial charge >= 0.3 is 0 Å². The molecule has 0 radical (unpaired) electrons. The Labute approximate surface area is 164 Å². The van der Waals surface area contributed by atoms with Gasteiger partial charge in [0.1, 0.15) is 11.5 Å². The minimum absolute atomic E-state index is 0.00943. The second kappa shape index (κ2) is 6.93. The summed E-state index contributed by atoms with van der Waals surface area (Å²) < 4.78 is 13.9. The number of rotatable bonds is 2. The van der Waals surface area contributed by atoms with Gasteiger partial charge in [0.2, 0.25) is 0 Å². The number of nitrogens with zero attached hydrogens (tertiary/aromatic N) is 2. The van der Waals surface area contributed by atoms with Gasteiger partial charge in [-0.05, 0) is 44.2 Å². The molecule has 4 rings (SSSR count). The third kappa shape index (κ3) is 3.03. The number of anilines is 1. The maximum absolute atomic E-state index is 13.9. The molecule has 0 saturated carbocycles. The predicted molar refractivity (Wildman–Crippen MR) is 106 cm³/mol. The topological polar surface area (TPSA) is 52.7 Å².